The van der Waals surface area contributed by atoms with Gasteiger partial charge in [-0.15, -0.1) is 11.3 Å². The number of hydrogen-bond donors (Lipinski definition) is 3. The number of amides is 2. The van der Waals surface area contributed by atoms with Gasteiger partial charge in [0.15, 0.2) is 5.13 Å². The number of anilines is 1. The number of carbonyl (C=O) groups excluding carboxylic acids is 2. The highest BCUT2D eigenvalue weighted by Crippen LogP contribution is 2.38. The van der Waals surface area contributed by atoms with Crippen LogP contribution in [-0.4, -0.2) is 44.6 Å². The van der Waals surface area contributed by atoms with Crippen LogP contribution in [0.2, 0.25) is 0 Å². The lowest BCUT2D eigenvalue weighted by Gasteiger charge is -2.22. The van der Waals surface area contributed by atoms with Crippen molar-refractivity contribution in [2.24, 2.45) is 7.05 Å². The average Bonchev–Trinajstić information content (AvgIpc) is 3.55. The van der Waals surface area contributed by atoms with Crippen molar-refractivity contribution in [2.75, 3.05) is 18.5 Å². The Kier molecular flexibility index (Phi) is 5.66. The Morgan fingerprint density at radius 3 is 2.91 bits per heavy atom. The predicted molar refractivity (Wildman–Crippen MR) is 132 cm³/mol. The second-order valence-electron chi connectivity index (χ2n) is 8.92. The van der Waals surface area contributed by atoms with Gasteiger partial charge in [-0.25, -0.2) is 9.97 Å². The van der Waals surface area contributed by atoms with Crippen molar-refractivity contribution < 1.29 is 14.7 Å². The van der Waals surface area contributed by atoms with E-state index in [0.29, 0.717) is 10.7 Å². The molecule has 4 aromatic rings. The highest BCUT2D eigenvalue weighted by Gasteiger charge is 2.34. The van der Waals surface area contributed by atoms with E-state index >= 15 is 0 Å². The van der Waals surface area contributed by atoms with Crippen molar-refractivity contribution in [3.05, 3.63) is 64.8 Å². The largest absolute Gasteiger partial charge is 0.395 e. The maximum atomic E-state index is 12.6. The van der Waals surface area contributed by atoms with Crippen LogP contribution in [0.1, 0.15) is 34.8 Å². The van der Waals surface area contributed by atoms with Crippen LogP contribution in [0, 0.1) is 0 Å². The Morgan fingerprint density at radius 2 is 2.09 bits per heavy atom. The number of aryl methyl sites for hydroxylation is 2. The molecule has 2 amide bonds. The Bertz CT molecular complexity index is 1410. The van der Waals surface area contributed by atoms with Gasteiger partial charge in [0.25, 0.3) is 5.91 Å². The van der Waals surface area contributed by atoms with Crippen molar-refractivity contribution in [1.82, 2.24) is 19.9 Å². The summed E-state index contributed by atoms with van der Waals surface area (Å²) < 4.78 is 1.95. The van der Waals surface area contributed by atoms with Gasteiger partial charge in [-0.05, 0) is 48.2 Å². The third-order valence-corrected chi connectivity index (χ3v) is 7.26. The number of carbonyl (C=O) groups is 2. The summed E-state index contributed by atoms with van der Waals surface area (Å²) in [6.07, 6.45) is 3.52. The van der Waals surface area contributed by atoms with E-state index in [0.717, 1.165) is 46.3 Å². The first-order valence-corrected chi connectivity index (χ1v) is 11.9. The van der Waals surface area contributed by atoms with Crippen molar-refractivity contribution >= 4 is 39.3 Å². The first-order chi connectivity index (χ1) is 16.4. The Hall–Kier alpha value is -3.56. The van der Waals surface area contributed by atoms with Crippen LogP contribution >= 0.6 is 11.3 Å². The molecule has 5 rings (SSSR count). The molecule has 9 heteroatoms. The fourth-order valence-corrected chi connectivity index (χ4v) is 5.12. The predicted octanol–water partition coefficient (Wildman–Crippen LogP) is 3.26. The smallest absolute Gasteiger partial charge is 0.251 e. The summed E-state index contributed by atoms with van der Waals surface area (Å²) in [4.78, 5) is 33.9. The number of thiazole rings is 1. The molecule has 0 aliphatic heterocycles. The van der Waals surface area contributed by atoms with Crippen molar-refractivity contribution in [3.8, 4) is 11.3 Å². The number of aromatic nitrogens is 3. The number of hydrogen-bond acceptors (Lipinski definition) is 6. The van der Waals surface area contributed by atoms with E-state index in [2.05, 4.69) is 20.6 Å². The molecule has 1 atom stereocenters. The lowest BCUT2D eigenvalue weighted by Crippen LogP contribution is -2.33. The molecule has 1 aliphatic carbocycles. The van der Waals surface area contributed by atoms with E-state index in [4.69, 9.17) is 0 Å². The molecule has 0 saturated carbocycles. The minimum Gasteiger partial charge on any atom is -0.395 e. The molecule has 34 heavy (non-hydrogen) atoms. The monoisotopic (exact) mass is 475 g/mol. The zero-order valence-corrected chi connectivity index (χ0v) is 19.8. The van der Waals surface area contributed by atoms with Gasteiger partial charge < -0.3 is 20.3 Å². The number of nitrogens with one attached hydrogen (secondary N) is 2. The molecular weight excluding hydrogens is 450 g/mol. The maximum Gasteiger partial charge on any atom is 0.251 e. The topological polar surface area (TPSA) is 109 Å². The van der Waals surface area contributed by atoms with E-state index in [9.17, 15) is 14.7 Å². The third-order valence-electron chi connectivity index (χ3n) is 6.50. The summed E-state index contributed by atoms with van der Waals surface area (Å²) in [5, 5.41) is 17.6. The number of imidazole rings is 1. The molecule has 2 aromatic carbocycles. The van der Waals surface area contributed by atoms with E-state index in [1.165, 1.54) is 11.3 Å². The van der Waals surface area contributed by atoms with E-state index in [1.54, 1.807) is 12.4 Å². The lowest BCUT2D eigenvalue weighted by molar-refractivity contribution is -0.115. The van der Waals surface area contributed by atoms with Crippen molar-refractivity contribution in [1.29, 1.82) is 0 Å². The number of rotatable bonds is 6. The van der Waals surface area contributed by atoms with Gasteiger partial charge in [0.1, 0.15) is 0 Å². The number of benzene rings is 2. The lowest BCUT2D eigenvalue weighted by atomic mass is 9.84. The summed E-state index contributed by atoms with van der Waals surface area (Å²) in [6.45, 7) is 1.88. The highest BCUT2D eigenvalue weighted by molar-refractivity contribution is 7.14. The van der Waals surface area contributed by atoms with Crippen molar-refractivity contribution in [2.45, 2.75) is 25.2 Å². The molecule has 0 spiro atoms. The van der Waals surface area contributed by atoms with Crippen LogP contribution in [0.4, 0.5) is 5.13 Å². The third kappa shape index (κ3) is 4.08. The van der Waals surface area contributed by atoms with Gasteiger partial charge in [0, 0.05) is 29.0 Å². The molecule has 0 unspecified atom stereocenters. The first kappa shape index (κ1) is 22.2. The molecule has 0 bridgehead atoms. The van der Waals surface area contributed by atoms with Gasteiger partial charge >= 0.3 is 0 Å². The number of nitrogens with zero attached hydrogens (tertiary/aromatic N) is 3. The Morgan fingerprint density at radius 1 is 1.24 bits per heavy atom. The summed E-state index contributed by atoms with van der Waals surface area (Å²) in [7, 11) is 1.94. The van der Waals surface area contributed by atoms with Gasteiger partial charge in [0.2, 0.25) is 5.91 Å². The number of aliphatic hydroxyl groups excluding tert-OH is 1. The molecule has 0 saturated heterocycles. The second-order valence-corrected chi connectivity index (χ2v) is 9.78. The van der Waals surface area contributed by atoms with E-state index < -0.39 is 0 Å². The normalized spacial score (nSPS) is 17.0. The molecule has 2 aromatic heterocycles. The average molecular weight is 476 g/mol. The molecular formula is C25H25N5O3S. The van der Waals surface area contributed by atoms with Crippen LogP contribution in [0.3, 0.4) is 0 Å². The molecule has 1 aliphatic rings. The minimum absolute atomic E-state index is 0.0409. The first-order valence-electron chi connectivity index (χ1n) is 11.1. The molecule has 174 valence electrons. The van der Waals surface area contributed by atoms with Crippen LogP contribution in [0.15, 0.2) is 48.1 Å². The summed E-state index contributed by atoms with van der Waals surface area (Å²) in [5.74, 6) is -0.674. The zero-order chi connectivity index (χ0) is 23.9. The zero-order valence-electron chi connectivity index (χ0n) is 19.0. The van der Waals surface area contributed by atoms with E-state index in [1.807, 2.05) is 54.3 Å². The maximum absolute atomic E-state index is 12.6. The van der Waals surface area contributed by atoms with Crippen LogP contribution < -0.4 is 10.6 Å². The minimum atomic E-state index is -0.349. The van der Waals surface area contributed by atoms with Gasteiger partial charge in [-0.2, -0.15) is 0 Å². The number of fused-ring (bicyclic) bond motifs is 2. The van der Waals surface area contributed by atoms with Gasteiger partial charge in [0.05, 0.1) is 36.2 Å². The van der Waals surface area contributed by atoms with Crippen LogP contribution in [0.25, 0.3) is 22.3 Å². The molecule has 8 nitrogen and oxygen atoms in total. The Balaban J connectivity index is 1.21. The van der Waals surface area contributed by atoms with Crippen LogP contribution in [-0.2, 0) is 23.7 Å². The van der Waals surface area contributed by atoms with Crippen molar-refractivity contribution in [3.63, 3.8) is 0 Å². The quantitative estimate of drug-likeness (QED) is 0.397. The van der Waals surface area contributed by atoms with E-state index in [-0.39, 0.29) is 30.4 Å². The molecule has 3 N–H and O–H groups in total. The SMILES string of the molecule is Cn1cnc2ccc(-c3csc(NC(=O)CNC(=O)c4ccc5c(c4)[C@](C)(CO)CC5)n3)cc21. The standard InChI is InChI=1S/C25H25N5O3S/c1-25(13-31)8-7-15-3-4-17(9-18(15)25)23(33)26-11-22(32)29-24-28-20(12-34-24)16-5-6-19-21(10-16)30(2)14-27-19/h3-6,9-10,12,14,31H,7-8,11,13H2,1-2H3,(H,26,33)(H,28,29,32)/t25-/m0/s1. The summed E-state index contributed by atoms with van der Waals surface area (Å²) in [6, 6.07) is 11.4. The second kappa shape index (κ2) is 8.66. The highest BCUT2D eigenvalue weighted by atomic mass is 32.1. The number of aliphatic hydroxyl groups is 1. The molecule has 2 heterocycles. The van der Waals surface area contributed by atoms with Crippen LogP contribution in [0.5, 0.6) is 0 Å². The fraction of sp³-hybridized carbons (Fsp3) is 0.280. The van der Waals surface area contributed by atoms with Gasteiger partial charge in [-0.3, -0.25) is 9.59 Å². The summed E-state index contributed by atoms with van der Waals surface area (Å²) >= 11 is 1.33. The Labute approximate surface area is 200 Å². The van der Waals surface area contributed by atoms with Gasteiger partial charge in [-0.1, -0.05) is 19.1 Å². The molecule has 0 radical (unpaired) electrons. The summed E-state index contributed by atoms with van der Waals surface area (Å²) in [5.41, 5.74) is 5.94. The fourth-order valence-electron chi connectivity index (χ4n) is 4.38. The molecule has 0 fully saturated rings.